The molecule has 0 saturated heterocycles. The molecule has 0 aromatic rings. The molecule has 102 valence electrons. The first-order chi connectivity index (χ1) is 9.18. The average Bonchev–Trinajstić information content (AvgIpc) is 2.40. The maximum atomic E-state index is 11.4. The first-order valence-electron chi connectivity index (χ1n) is 7.34. The van der Waals surface area contributed by atoms with Crippen LogP contribution < -0.4 is 0 Å². The van der Waals surface area contributed by atoms with E-state index in [1.54, 1.807) is 0 Å². The predicted octanol–water partition coefficient (Wildman–Crippen LogP) is 3.07. The van der Waals surface area contributed by atoms with Crippen molar-refractivity contribution in [2.75, 3.05) is 6.61 Å². The number of esters is 1. The van der Waals surface area contributed by atoms with Gasteiger partial charge in [-0.3, -0.25) is 0 Å². The fraction of sp³-hybridized carbons (Fsp3) is 0.750. The number of rotatable bonds is 4. The summed E-state index contributed by atoms with van der Waals surface area (Å²) in [6.07, 6.45) is 8.09. The fourth-order valence-corrected chi connectivity index (χ4v) is 5.11. The third kappa shape index (κ3) is 1.98. The summed E-state index contributed by atoms with van der Waals surface area (Å²) in [6.45, 7) is 3.86. The second kappa shape index (κ2) is 4.67. The molecule has 0 aromatic heterocycles. The van der Waals surface area contributed by atoms with Crippen molar-refractivity contribution in [1.82, 2.24) is 0 Å². The number of nitrogens with zero attached hydrogens (tertiary/aromatic N) is 1. The van der Waals surface area contributed by atoms with Crippen LogP contribution in [-0.2, 0) is 9.53 Å². The van der Waals surface area contributed by atoms with E-state index in [1.165, 1.54) is 38.2 Å². The largest absolute Gasteiger partial charge is 0.462 e. The topological polar surface area (TPSA) is 50.1 Å². The lowest BCUT2D eigenvalue weighted by Crippen LogP contribution is -2.55. The highest BCUT2D eigenvalue weighted by Gasteiger charge is 2.57. The van der Waals surface area contributed by atoms with Crippen molar-refractivity contribution in [3.05, 3.63) is 12.7 Å². The summed E-state index contributed by atoms with van der Waals surface area (Å²) in [5, 5.41) is 9.23. The zero-order chi connectivity index (χ0) is 13.5. The van der Waals surface area contributed by atoms with E-state index in [4.69, 9.17) is 4.74 Å². The Morgan fingerprint density at radius 2 is 1.84 bits per heavy atom. The molecular formula is C16H21NO2. The van der Waals surface area contributed by atoms with E-state index in [0.717, 1.165) is 11.8 Å². The minimum absolute atomic E-state index is 0.0686. The quantitative estimate of drug-likeness (QED) is 0.576. The molecule has 3 nitrogen and oxygen atoms in total. The summed E-state index contributed by atoms with van der Waals surface area (Å²) in [7, 11) is 0. The summed E-state index contributed by atoms with van der Waals surface area (Å²) in [5.41, 5.74) is -0.0686. The maximum Gasteiger partial charge on any atom is 0.330 e. The molecule has 0 aliphatic heterocycles. The van der Waals surface area contributed by atoms with Crippen LogP contribution >= 0.6 is 0 Å². The molecule has 3 heteroatoms. The van der Waals surface area contributed by atoms with Gasteiger partial charge >= 0.3 is 5.97 Å². The molecule has 0 spiro atoms. The molecule has 4 aliphatic rings. The molecule has 4 saturated carbocycles. The SMILES string of the molecule is C=CC(=O)OCC1(CC#N)C2CC3CC(C2)CC1C3. The van der Waals surface area contributed by atoms with Crippen LogP contribution in [0.5, 0.6) is 0 Å². The first kappa shape index (κ1) is 12.7. The normalized spacial score (nSPS) is 42.7. The monoisotopic (exact) mass is 259 g/mol. The predicted molar refractivity (Wildman–Crippen MR) is 70.9 cm³/mol. The standard InChI is InChI=1S/C16H21NO2/c1-2-15(18)19-10-16(3-4-17)13-6-11-5-12(8-13)9-14(16)7-11/h2,11-14H,1,3,5-10H2. The number of hydrogen-bond acceptors (Lipinski definition) is 3. The highest BCUT2D eigenvalue weighted by Crippen LogP contribution is 2.63. The van der Waals surface area contributed by atoms with Gasteiger partial charge in [0, 0.05) is 17.9 Å². The molecule has 4 bridgehead atoms. The van der Waals surface area contributed by atoms with Crippen LogP contribution in [0.3, 0.4) is 0 Å². The summed E-state index contributed by atoms with van der Waals surface area (Å²) in [4.78, 5) is 11.4. The van der Waals surface area contributed by atoms with E-state index in [0.29, 0.717) is 24.9 Å². The third-order valence-electron chi connectivity index (χ3n) is 5.82. The van der Waals surface area contributed by atoms with E-state index >= 15 is 0 Å². The molecule has 0 atom stereocenters. The third-order valence-corrected chi connectivity index (χ3v) is 5.82. The highest BCUT2D eigenvalue weighted by atomic mass is 16.5. The maximum absolute atomic E-state index is 11.4. The number of carbonyl (C=O) groups is 1. The molecular weight excluding hydrogens is 238 g/mol. The molecule has 0 unspecified atom stereocenters. The Morgan fingerprint density at radius 3 is 2.32 bits per heavy atom. The first-order valence-corrected chi connectivity index (χ1v) is 7.34. The summed E-state index contributed by atoms with van der Waals surface area (Å²) >= 11 is 0. The van der Waals surface area contributed by atoms with Gasteiger partial charge < -0.3 is 4.74 Å². The van der Waals surface area contributed by atoms with E-state index in [2.05, 4.69) is 12.6 Å². The van der Waals surface area contributed by atoms with Crippen molar-refractivity contribution < 1.29 is 9.53 Å². The molecule has 0 amide bonds. The summed E-state index contributed by atoms with van der Waals surface area (Å²) in [5.74, 6) is 2.54. The van der Waals surface area contributed by atoms with E-state index in [9.17, 15) is 10.1 Å². The Bertz CT molecular complexity index is 407. The zero-order valence-corrected chi connectivity index (χ0v) is 11.3. The Hall–Kier alpha value is -1.30. The van der Waals surface area contributed by atoms with E-state index in [1.807, 2.05) is 0 Å². The fourth-order valence-electron chi connectivity index (χ4n) is 5.11. The zero-order valence-electron chi connectivity index (χ0n) is 11.3. The van der Waals surface area contributed by atoms with Gasteiger partial charge in [-0.15, -0.1) is 0 Å². The van der Waals surface area contributed by atoms with Crippen LogP contribution in [0.25, 0.3) is 0 Å². The molecule has 19 heavy (non-hydrogen) atoms. The molecule has 0 N–H and O–H groups in total. The average molecular weight is 259 g/mol. The van der Waals surface area contributed by atoms with Gasteiger partial charge in [-0.05, 0) is 55.8 Å². The molecule has 4 rings (SSSR count). The second-order valence-corrected chi connectivity index (χ2v) is 6.68. The molecule has 0 heterocycles. The van der Waals surface area contributed by atoms with Gasteiger partial charge in [0.05, 0.1) is 12.7 Å². The minimum Gasteiger partial charge on any atom is -0.462 e. The molecule has 4 aliphatic carbocycles. The van der Waals surface area contributed by atoms with Gasteiger partial charge in [-0.1, -0.05) is 6.58 Å². The van der Waals surface area contributed by atoms with Crippen LogP contribution in [0, 0.1) is 40.4 Å². The molecule has 0 aromatic carbocycles. The van der Waals surface area contributed by atoms with E-state index in [-0.39, 0.29) is 11.4 Å². The number of ether oxygens (including phenoxy) is 1. The van der Waals surface area contributed by atoms with Crippen molar-refractivity contribution in [2.24, 2.45) is 29.1 Å². The second-order valence-electron chi connectivity index (χ2n) is 6.68. The van der Waals surface area contributed by atoms with Crippen molar-refractivity contribution in [3.8, 4) is 6.07 Å². The van der Waals surface area contributed by atoms with Gasteiger partial charge in [0.2, 0.25) is 0 Å². The lowest BCUT2D eigenvalue weighted by atomic mass is 9.45. The Morgan fingerprint density at radius 1 is 1.26 bits per heavy atom. The lowest BCUT2D eigenvalue weighted by molar-refractivity contribution is -0.161. The van der Waals surface area contributed by atoms with Crippen LogP contribution in [-0.4, -0.2) is 12.6 Å². The summed E-state index contributed by atoms with van der Waals surface area (Å²) in [6, 6.07) is 2.36. The van der Waals surface area contributed by atoms with Gasteiger partial charge in [-0.2, -0.15) is 5.26 Å². The minimum atomic E-state index is -0.355. The van der Waals surface area contributed by atoms with Crippen molar-refractivity contribution in [1.29, 1.82) is 5.26 Å². The van der Waals surface area contributed by atoms with Crippen LogP contribution in [0.15, 0.2) is 12.7 Å². The van der Waals surface area contributed by atoms with Crippen LogP contribution in [0.2, 0.25) is 0 Å². The Kier molecular flexibility index (Phi) is 3.12. The van der Waals surface area contributed by atoms with Gasteiger partial charge in [0.1, 0.15) is 0 Å². The van der Waals surface area contributed by atoms with Gasteiger partial charge in [0.25, 0.3) is 0 Å². The number of nitriles is 1. The lowest BCUT2D eigenvalue weighted by Gasteiger charge is -2.60. The van der Waals surface area contributed by atoms with Crippen molar-refractivity contribution in [3.63, 3.8) is 0 Å². The number of hydrogen-bond donors (Lipinski definition) is 0. The number of carbonyl (C=O) groups excluding carboxylic acids is 1. The van der Waals surface area contributed by atoms with Gasteiger partial charge in [-0.25, -0.2) is 4.79 Å². The van der Waals surface area contributed by atoms with Crippen LogP contribution in [0.1, 0.15) is 38.5 Å². The molecule has 0 radical (unpaired) electrons. The van der Waals surface area contributed by atoms with Gasteiger partial charge in [0.15, 0.2) is 0 Å². The smallest absolute Gasteiger partial charge is 0.330 e. The Balaban J connectivity index is 1.82. The Labute approximate surface area is 114 Å². The van der Waals surface area contributed by atoms with Crippen molar-refractivity contribution in [2.45, 2.75) is 38.5 Å². The van der Waals surface area contributed by atoms with Crippen LogP contribution in [0.4, 0.5) is 0 Å². The van der Waals surface area contributed by atoms with Crippen molar-refractivity contribution >= 4 is 5.97 Å². The summed E-state index contributed by atoms with van der Waals surface area (Å²) < 4.78 is 5.36. The highest BCUT2D eigenvalue weighted by molar-refractivity contribution is 5.81. The van der Waals surface area contributed by atoms with E-state index < -0.39 is 0 Å². The molecule has 4 fully saturated rings.